The summed E-state index contributed by atoms with van der Waals surface area (Å²) in [6.07, 6.45) is 6.94. The summed E-state index contributed by atoms with van der Waals surface area (Å²) in [6, 6.07) is 8.90. The monoisotopic (exact) mass is 238 g/mol. The van der Waals surface area contributed by atoms with Gasteiger partial charge in [-0.15, -0.1) is 0 Å². The Morgan fingerprint density at radius 2 is 2.00 bits per heavy atom. The maximum atomic E-state index is 12.1. The van der Waals surface area contributed by atoms with Crippen LogP contribution in [-0.2, 0) is 0 Å². The predicted molar refractivity (Wildman–Crippen MR) is 67.4 cm³/mol. The molecule has 0 fully saturated rings. The third-order valence-electron chi connectivity index (χ3n) is 2.57. The number of fused-ring (bicyclic) bond motifs is 1. The summed E-state index contributed by atoms with van der Waals surface area (Å²) in [5.41, 5.74) is 1.15. The van der Waals surface area contributed by atoms with Crippen molar-refractivity contribution in [3.05, 3.63) is 60.7 Å². The first kappa shape index (κ1) is 10.5. The van der Waals surface area contributed by atoms with E-state index < -0.39 is 0 Å². The van der Waals surface area contributed by atoms with Crippen LogP contribution in [0.3, 0.4) is 0 Å². The van der Waals surface area contributed by atoms with E-state index in [2.05, 4.69) is 15.3 Å². The minimum absolute atomic E-state index is 0.217. The highest BCUT2D eigenvalue weighted by molar-refractivity contribution is 6.07. The zero-order valence-corrected chi connectivity index (χ0v) is 9.45. The lowest BCUT2D eigenvalue weighted by Gasteiger charge is -2.05. The molecule has 1 amide bonds. The number of anilines is 1. The first-order chi connectivity index (χ1) is 8.84. The first-order valence-corrected chi connectivity index (χ1v) is 5.49. The van der Waals surface area contributed by atoms with E-state index >= 15 is 0 Å². The fourth-order valence-electron chi connectivity index (χ4n) is 1.75. The van der Waals surface area contributed by atoms with Crippen molar-refractivity contribution in [1.82, 2.24) is 14.4 Å². The Bertz CT molecular complexity index is 690. The summed E-state index contributed by atoms with van der Waals surface area (Å²) in [6.45, 7) is 0. The Labute approximate surface area is 103 Å². The van der Waals surface area contributed by atoms with Crippen LogP contribution in [0.2, 0.25) is 0 Å². The highest BCUT2D eigenvalue weighted by Crippen LogP contribution is 2.11. The fraction of sp³-hybridized carbons (Fsp3) is 0. The van der Waals surface area contributed by atoms with Gasteiger partial charge in [-0.3, -0.25) is 4.79 Å². The molecule has 0 spiro atoms. The van der Waals surface area contributed by atoms with Crippen LogP contribution in [0.25, 0.3) is 5.65 Å². The van der Waals surface area contributed by atoms with Gasteiger partial charge in [0.25, 0.3) is 5.91 Å². The molecule has 5 heteroatoms. The summed E-state index contributed by atoms with van der Waals surface area (Å²) in [7, 11) is 0. The number of carbonyl (C=O) groups excluding carboxylic acids is 1. The van der Waals surface area contributed by atoms with Crippen molar-refractivity contribution in [3.8, 4) is 0 Å². The van der Waals surface area contributed by atoms with Crippen molar-refractivity contribution in [3.63, 3.8) is 0 Å². The summed E-state index contributed by atoms with van der Waals surface area (Å²) in [5, 5.41) is 2.74. The number of imidazole rings is 1. The molecule has 88 valence electrons. The van der Waals surface area contributed by atoms with E-state index in [1.165, 1.54) is 0 Å². The van der Waals surface area contributed by atoms with Crippen LogP contribution >= 0.6 is 0 Å². The molecule has 0 saturated heterocycles. The molecule has 0 atom stereocenters. The number of nitrogens with zero attached hydrogens (tertiary/aromatic N) is 3. The second kappa shape index (κ2) is 4.29. The minimum atomic E-state index is -0.217. The van der Waals surface area contributed by atoms with Gasteiger partial charge in [0.15, 0.2) is 0 Å². The van der Waals surface area contributed by atoms with E-state index in [1.54, 1.807) is 41.2 Å². The maximum absolute atomic E-state index is 12.1. The van der Waals surface area contributed by atoms with Gasteiger partial charge >= 0.3 is 0 Å². The zero-order chi connectivity index (χ0) is 12.4. The van der Waals surface area contributed by atoms with Crippen molar-refractivity contribution in [2.75, 3.05) is 5.32 Å². The van der Waals surface area contributed by atoms with Crippen LogP contribution in [0.1, 0.15) is 10.4 Å². The highest BCUT2D eigenvalue weighted by atomic mass is 16.1. The van der Waals surface area contributed by atoms with Gasteiger partial charge in [-0.05, 0) is 24.3 Å². The quantitative estimate of drug-likeness (QED) is 0.742. The normalized spacial score (nSPS) is 10.4. The standard InChI is InChI=1S/C13H10N4O/c18-13(16-11-5-1-2-6-14-11)10-4-3-8-17-9-7-15-12(10)17/h1-9H,(H,14,16,18). The van der Waals surface area contributed by atoms with Crippen molar-refractivity contribution < 1.29 is 4.79 Å². The van der Waals surface area contributed by atoms with Gasteiger partial charge < -0.3 is 9.72 Å². The van der Waals surface area contributed by atoms with E-state index in [1.807, 2.05) is 18.3 Å². The van der Waals surface area contributed by atoms with E-state index in [0.717, 1.165) is 0 Å². The molecular weight excluding hydrogens is 228 g/mol. The lowest BCUT2D eigenvalue weighted by Crippen LogP contribution is -2.14. The molecule has 3 heterocycles. The molecule has 0 radical (unpaired) electrons. The molecule has 0 bridgehead atoms. The molecule has 5 nitrogen and oxygen atoms in total. The van der Waals surface area contributed by atoms with Gasteiger partial charge in [0.2, 0.25) is 0 Å². The largest absolute Gasteiger partial charge is 0.306 e. The number of hydrogen-bond acceptors (Lipinski definition) is 3. The van der Waals surface area contributed by atoms with Crippen LogP contribution in [0.15, 0.2) is 55.1 Å². The molecule has 0 aliphatic rings. The molecule has 0 aliphatic heterocycles. The summed E-state index contributed by atoms with van der Waals surface area (Å²) in [5.74, 6) is 0.307. The number of nitrogens with one attached hydrogen (secondary N) is 1. The lowest BCUT2D eigenvalue weighted by molar-refractivity contribution is 0.102. The minimum Gasteiger partial charge on any atom is -0.306 e. The molecule has 3 rings (SSSR count). The van der Waals surface area contributed by atoms with Crippen molar-refractivity contribution in [2.24, 2.45) is 0 Å². The molecule has 3 aromatic rings. The van der Waals surface area contributed by atoms with Gasteiger partial charge in [-0.1, -0.05) is 6.07 Å². The average Bonchev–Trinajstić information content (AvgIpc) is 2.87. The Morgan fingerprint density at radius 1 is 1.06 bits per heavy atom. The third-order valence-corrected chi connectivity index (χ3v) is 2.57. The zero-order valence-electron chi connectivity index (χ0n) is 9.45. The van der Waals surface area contributed by atoms with E-state index in [0.29, 0.717) is 17.0 Å². The first-order valence-electron chi connectivity index (χ1n) is 5.49. The molecule has 1 N–H and O–H groups in total. The summed E-state index contributed by atoms with van der Waals surface area (Å²) in [4.78, 5) is 20.3. The smallest absolute Gasteiger partial charge is 0.260 e. The van der Waals surface area contributed by atoms with Crippen LogP contribution in [0.4, 0.5) is 5.82 Å². The Hall–Kier alpha value is -2.69. The Morgan fingerprint density at radius 3 is 2.83 bits per heavy atom. The molecule has 3 aromatic heterocycles. The van der Waals surface area contributed by atoms with E-state index in [9.17, 15) is 4.79 Å². The molecule has 0 aliphatic carbocycles. The highest BCUT2D eigenvalue weighted by Gasteiger charge is 2.11. The predicted octanol–water partition coefficient (Wildman–Crippen LogP) is 1.98. The Kier molecular flexibility index (Phi) is 2.49. The number of aromatic nitrogens is 3. The van der Waals surface area contributed by atoms with E-state index in [-0.39, 0.29) is 5.91 Å². The molecular formula is C13H10N4O. The van der Waals surface area contributed by atoms with Crippen LogP contribution < -0.4 is 5.32 Å². The van der Waals surface area contributed by atoms with Crippen LogP contribution in [-0.4, -0.2) is 20.3 Å². The Balaban J connectivity index is 1.95. The summed E-state index contributed by atoms with van der Waals surface area (Å²) < 4.78 is 1.80. The second-order valence-corrected chi connectivity index (χ2v) is 3.75. The third kappa shape index (κ3) is 1.82. The van der Waals surface area contributed by atoms with Gasteiger partial charge in [0, 0.05) is 24.8 Å². The molecule has 0 unspecified atom stereocenters. The number of amides is 1. The van der Waals surface area contributed by atoms with Crippen LogP contribution in [0.5, 0.6) is 0 Å². The maximum Gasteiger partial charge on any atom is 0.260 e. The number of hydrogen-bond donors (Lipinski definition) is 1. The van der Waals surface area contributed by atoms with Gasteiger partial charge in [0.05, 0.1) is 5.56 Å². The molecule has 0 saturated carbocycles. The van der Waals surface area contributed by atoms with Crippen molar-refractivity contribution in [2.45, 2.75) is 0 Å². The van der Waals surface area contributed by atoms with E-state index in [4.69, 9.17) is 0 Å². The summed E-state index contributed by atoms with van der Waals surface area (Å²) >= 11 is 0. The van der Waals surface area contributed by atoms with Gasteiger partial charge in [-0.25, -0.2) is 9.97 Å². The van der Waals surface area contributed by atoms with Crippen molar-refractivity contribution >= 4 is 17.4 Å². The number of pyridine rings is 2. The van der Waals surface area contributed by atoms with Crippen molar-refractivity contribution in [1.29, 1.82) is 0 Å². The lowest BCUT2D eigenvalue weighted by atomic mass is 10.2. The van der Waals surface area contributed by atoms with Crippen LogP contribution in [0, 0.1) is 0 Å². The number of rotatable bonds is 2. The number of carbonyl (C=O) groups is 1. The van der Waals surface area contributed by atoms with Gasteiger partial charge in [0.1, 0.15) is 11.5 Å². The average molecular weight is 238 g/mol. The van der Waals surface area contributed by atoms with Gasteiger partial charge in [-0.2, -0.15) is 0 Å². The molecule has 0 aromatic carbocycles. The topological polar surface area (TPSA) is 59.3 Å². The molecule has 18 heavy (non-hydrogen) atoms. The SMILES string of the molecule is O=C(Nc1ccccn1)c1cccn2ccnc12. The second-order valence-electron chi connectivity index (χ2n) is 3.75. The fourth-order valence-corrected chi connectivity index (χ4v) is 1.75.